The van der Waals surface area contributed by atoms with E-state index in [1.54, 1.807) is 18.2 Å². The molecule has 1 aromatic heterocycles. The van der Waals surface area contributed by atoms with Crippen LogP contribution >= 0.6 is 11.3 Å². The summed E-state index contributed by atoms with van der Waals surface area (Å²) < 4.78 is 12.8. The molecule has 1 unspecified atom stereocenters. The summed E-state index contributed by atoms with van der Waals surface area (Å²) in [6.45, 7) is 8.92. The average Bonchev–Trinajstić information content (AvgIpc) is 3.51. The number of carbonyl (C=O) groups is 2. The molecule has 0 saturated heterocycles. The summed E-state index contributed by atoms with van der Waals surface area (Å²) in [5.41, 5.74) is 4.27. The Bertz CT molecular complexity index is 1690. The number of hydrogen-bond donors (Lipinski definition) is 1. The second kappa shape index (κ2) is 12.6. The van der Waals surface area contributed by atoms with Crippen molar-refractivity contribution in [1.29, 1.82) is 0 Å². The Labute approximate surface area is 249 Å². The van der Waals surface area contributed by atoms with Crippen LogP contribution in [0.2, 0.25) is 0 Å². The Morgan fingerprint density at radius 1 is 1.05 bits per heavy atom. The number of aromatic nitrogens is 1. The third-order valence-corrected chi connectivity index (χ3v) is 8.07. The monoisotopic (exact) mass is 582 g/mol. The summed E-state index contributed by atoms with van der Waals surface area (Å²) in [5, 5.41) is 11.6. The largest absolute Gasteiger partial charge is 0.503 e. The van der Waals surface area contributed by atoms with E-state index in [9.17, 15) is 14.7 Å². The van der Waals surface area contributed by atoms with Gasteiger partial charge in [0, 0.05) is 0 Å². The van der Waals surface area contributed by atoms with Gasteiger partial charge in [-0.2, -0.15) is 0 Å². The molecule has 0 bridgehead atoms. The van der Waals surface area contributed by atoms with Crippen LogP contribution in [0, 0.1) is 13.8 Å². The minimum absolute atomic E-state index is 0.0126. The molecule has 0 radical (unpaired) electrons. The number of aliphatic hydroxyl groups excluding tert-OH is 1. The minimum Gasteiger partial charge on any atom is -0.503 e. The fourth-order valence-electron chi connectivity index (χ4n) is 5.07. The van der Waals surface area contributed by atoms with E-state index in [1.807, 2.05) is 69.3 Å². The van der Waals surface area contributed by atoms with Crippen molar-refractivity contribution in [1.82, 2.24) is 4.98 Å². The summed E-state index contributed by atoms with van der Waals surface area (Å²) in [7, 11) is 0. The standard InChI is InChI=1S/C34H34N2O5S/c1-5-7-17-41-26-16-14-24(20-27(26)40-6-2)31-29(25(37)15-13-23-11-9-8-10-12-23)32(38)33(39)36(31)34-35-30-22(4)18-21(3)19-28(30)42-34/h8-16,18-20,31,38H,5-7,17H2,1-4H3. The zero-order chi connectivity index (χ0) is 29.8. The van der Waals surface area contributed by atoms with Crippen LogP contribution in [0.5, 0.6) is 11.5 Å². The highest BCUT2D eigenvalue weighted by Gasteiger charge is 2.45. The lowest BCUT2D eigenvalue weighted by molar-refractivity contribution is -0.117. The SMILES string of the molecule is CCCCOc1ccc(C2C(C(=O)C=Cc3ccccc3)=C(O)C(=O)N2c2nc3c(C)cc(C)cc3s2)cc1OCC. The topological polar surface area (TPSA) is 89.0 Å². The van der Waals surface area contributed by atoms with Crippen LogP contribution in [0.15, 0.2) is 78.1 Å². The molecule has 0 spiro atoms. The quantitative estimate of drug-likeness (QED) is 0.144. The Kier molecular flexibility index (Phi) is 8.73. The fraction of sp³-hybridized carbons (Fsp3) is 0.265. The van der Waals surface area contributed by atoms with E-state index in [0.29, 0.717) is 35.4 Å². The molecule has 5 rings (SSSR count). The maximum atomic E-state index is 13.7. The van der Waals surface area contributed by atoms with Crippen molar-refractivity contribution in [3.05, 3.63) is 100 Å². The predicted molar refractivity (Wildman–Crippen MR) is 167 cm³/mol. The maximum Gasteiger partial charge on any atom is 0.296 e. The van der Waals surface area contributed by atoms with Gasteiger partial charge in [0.1, 0.15) is 0 Å². The number of unbranched alkanes of at least 4 members (excludes halogenated alkanes) is 1. The number of carbonyl (C=O) groups excluding carboxylic acids is 2. The van der Waals surface area contributed by atoms with E-state index in [2.05, 4.69) is 6.92 Å². The average molecular weight is 583 g/mol. The van der Waals surface area contributed by atoms with Gasteiger partial charge >= 0.3 is 0 Å². The van der Waals surface area contributed by atoms with Crippen molar-refractivity contribution < 1.29 is 24.2 Å². The summed E-state index contributed by atoms with van der Waals surface area (Å²) in [6, 6.07) is 17.9. The van der Waals surface area contributed by atoms with Crippen LogP contribution in [-0.2, 0) is 9.59 Å². The second-order valence-corrected chi connectivity index (χ2v) is 11.2. The summed E-state index contributed by atoms with van der Waals surface area (Å²) in [5.74, 6) is -0.637. The van der Waals surface area contributed by atoms with Gasteiger partial charge in [-0.1, -0.05) is 73.2 Å². The molecule has 8 heteroatoms. The molecule has 3 aromatic carbocycles. The third kappa shape index (κ3) is 5.81. The molecule has 0 fully saturated rings. The minimum atomic E-state index is -0.920. The van der Waals surface area contributed by atoms with Gasteiger partial charge in [-0.25, -0.2) is 4.98 Å². The molecule has 1 N–H and O–H groups in total. The molecule has 1 amide bonds. The number of thiazole rings is 1. The summed E-state index contributed by atoms with van der Waals surface area (Å²) in [4.78, 5) is 33.6. The Hall–Kier alpha value is -4.43. The number of nitrogens with zero attached hydrogens (tertiary/aromatic N) is 2. The second-order valence-electron chi connectivity index (χ2n) is 10.2. The highest BCUT2D eigenvalue weighted by Crippen LogP contribution is 2.45. The molecule has 7 nitrogen and oxygen atoms in total. The van der Waals surface area contributed by atoms with Crippen LogP contribution in [0.1, 0.15) is 55.0 Å². The first kappa shape index (κ1) is 29.1. The molecule has 4 aromatic rings. The molecular weight excluding hydrogens is 548 g/mol. The molecule has 0 saturated carbocycles. The van der Waals surface area contributed by atoms with E-state index < -0.39 is 23.5 Å². The summed E-state index contributed by atoms with van der Waals surface area (Å²) >= 11 is 1.35. The number of fused-ring (bicyclic) bond motifs is 1. The number of aliphatic hydroxyl groups is 1. The van der Waals surface area contributed by atoms with Crippen LogP contribution in [0.25, 0.3) is 16.3 Å². The molecule has 42 heavy (non-hydrogen) atoms. The molecule has 1 atom stereocenters. The van der Waals surface area contributed by atoms with Crippen LogP contribution in [0.3, 0.4) is 0 Å². The summed E-state index contributed by atoms with van der Waals surface area (Å²) in [6.07, 6.45) is 4.96. The lowest BCUT2D eigenvalue weighted by atomic mass is 9.95. The molecule has 1 aliphatic rings. The fourth-order valence-corrected chi connectivity index (χ4v) is 6.23. The number of amides is 1. The van der Waals surface area contributed by atoms with Crippen LogP contribution in [-0.4, -0.2) is 35.0 Å². The molecule has 2 heterocycles. The van der Waals surface area contributed by atoms with Crippen molar-refractivity contribution in [2.45, 2.75) is 46.6 Å². The van der Waals surface area contributed by atoms with Gasteiger partial charge in [-0.3, -0.25) is 14.5 Å². The Balaban J connectivity index is 1.62. The highest BCUT2D eigenvalue weighted by atomic mass is 32.1. The van der Waals surface area contributed by atoms with Crippen molar-refractivity contribution in [3.63, 3.8) is 0 Å². The van der Waals surface area contributed by atoms with Crippen molar-refractivity contribution >= 4 is 44.5 Å². The Morgan fingerprint density at radius 3 is 2.57 bits per heavy atom. The number of benzene rings is 3. The first-order valence-electron chi connectivity index (χ1n) is 14.1. The predicted octanol–water partition coefficient (Wildman–Crippen LogP) is 7.67. The number of hydrogen-bond acceptors (Lipinski definition) is 7. The number of rotatable bonds is 11. The zero-order valence-corrected chi connectivity index (χ0v) is 25.0. The van der Waals surface area contributed by atoms with E-state index in [4.69, 9.17) is 14.5 Å². The lowest BCUT2D eigenvalue weighted by Gasteiger charge is -2.25. The van der Waals surface area contributed by atoms with Crippen molar-refractivity contribution in [2.75, 3.05) is 18.1 Å². The van der Waals surface area contributed by atoms with Gasteiger partial charge in [-0.15, -0.1) is 0 Å². The van der Waals surface area contributed by atoms with E-state index >= 15 is 0 Å². The normalized spacial score (nSPS) is 15.3. The number of anilines is 1. The first-order chi connectivity index (χ1) is 20.3. The van der Waals surface area contributed by atoms with Crippen LogP contribution < -0.4 is 14.4 Å². The third-order valence-electron chi connectivity index (χ3n) is 7.06. The smallest absolute Gasteiger partial charge is 0.296 e. The number of aryl methyl sites for hydroxylation is 2. The van der Waals surface area contributed by atoms with E-state index in [1.165, 1.54) is 22.3 Å². The maximum absolute atomic E-state index is 13.7. The zero-order valence-electron chi connectivity index (χ0n) is 24.2. The molecule has 216 valence electrons. The molecule has 1 aliphatic heterocycles. The van der Waals surface area contributed by atoms with Crippen molar-refractivity contribution in [3.8, 4) is 11.5 Å². The van der Waals surface area contributed by atoms with Gasteiger partial charge in [0.25, 0.3) is 5.91 Å². The van der Waals surface area contributed by atoms with Gasteiger partial charge < -0.3 is 14.6 Å². The highest BCUT2D eigenvalue weighted by molar-refractivity contribution is 7.22. The van der Waals surface area contributed by atoms with Gasteiger partial charge in [-0.05, 0) is 73.7 Å². The van der Waals surface area contributed by atoms with Crippen LogP contribution in [0.4, 0.5) is 5.13 Å². The van der Waals surface area contributed by atoms with Gasteiger partial charge in [0.15, 0.2) is 28.2 Å². The molecular formula is C34H34N2O5S. The van der Waals surface area contributed by atoms with Crippen molar-refractivity contribution in [2.24, 2.45) is 0 Å². The Morgan fingerprint density at radius 2 is 1.83 bits per heavy atom. The number of ether oxygens (including phenoxy) is 2. The van der Waals surface area contributed by atoms with Gasteiger partial charge in [0.2, 0.25) is 0 Å². The first-order valence-corrected chi connectivity index (χ1v) is 15.0. The number of ketones is 1. The van der Waals surface area contributed by atoms with Gasteiger partial charge in [0.05, 0.1) is 35.0 Å². The van der Waals surface area contributed by atoms with E-state index in [-0.39, 0.29) is 5.57 Å². The molecule has 0 aliphatic carbocycles. The number of allylic oxidation sites excluding steroid dienone is 1. The lowest BCUT2D eigenvalue weighted by Crippen LogP contribution is -2.30. The van der Waals surface area contributed by atoms with E-state index in [0.717, 1.165) is 39.7 Å².